The van der Waals surface area contributed by atoms with Gasteiger partial charge in [-0.05, 0) is 43.8 Å². The molecule has 0 saturated carbocycles. The van der Waals surface area contributed by atoms with Crippen molar-refractivity contribution in [3.63, 3.8) is 0 Å². The molecule has 1 aliphatic heterocycles. The second-order valence-electron chi connectivity index (χ2n) is 8.32. The van der Waals surface area contributed by atoms with Gasteiger partial charge in [-0.1, -0.05) is 25.1 Å². The van der Waals surface area contributed by atoms with Gasteiger partial charge in [-0.3, -0.25) is 20.0 Å². The monoisotopic (exact) mass is 474 g/mol. The zero-order chi connectivity index (χ0) is 24.5. The molecule has 3 aromatic rings. The van der Waals surface area contributed by atoms with E-state index in [0.717, 1.165) is 25.1 Å². The van der Waals surface area contributed by atoms with Crippen molar-refractivity contribution in [2.45, 2.75) is 38.5 Å². The molecule has 2 aromatic carbocycles. The Hall–Kier alpha value is -3.31. The number of alkyl halides is 3. The molecule has 8 nitrogen and oxygen atoms in total. The maximum absolute atomic E-state index is 13.6. The molecule has 0 spiro atoms. The number of aromatic nitrogens is 3. The Morgan fingerprint density at radius 3 is 2.65 bits per heavy atom. The second kappa shape index (κ2) is 9.51. The lowest BCUT2D eigenvalue weighted by atomic mass is 9.94. The minimum absolute atomic E-state index is 0.164. The Morgan fingerprint density at radius 2 is 1.94 bits per heavy atom. The normalized spacial score (nSPS) is 15.6. The minimum Gasteiger partial charge on any atom is -0.306 e. The Morgan fingerprint density at radius 1 is 1.18 bits per heavy atom. The molecular formula is C23H25F3N6O2. The van der Waals surface area contributed by atoms with Gasteiger partial charge in [-0.2, -0.15) is 13.2 Å². The number of para-hydroxylation sites is 1. The van der Waals surface area contributed by atoms with Gasteiger partial charge in [0.15, 0.2) is 5.82 Å². The lowest BCUT2D eigenvalue weighted by Gasteiger charge is -2.21. The lowest BCUT2D eigenvalue weighted by Crippen LogP contribution is -2.23. The summed E-state index contributed by atoms with van der Waals surface area (Å²) in [6, 6.07) is 8.73. The van der Waals surface area contributed by atoms with E-state index in [1.807, 2.05) is 7.05 Å². The van der Waals surface area contributed by atoms with Crippen molar-refractivity contribution in [3.05, 3.63) is 80.9 Å². The van der Waals surface area contributed by atoms with E-state index >= 15 is 0 Å². The van der Waals surface area contributed by atoms with E-state index in [2.05, 4.69) is 27.3 Å². The van der Waals surface area contributed by atoms with Crippen molar-refractivity contribution in [3.8, 4) is 5.69 Å². The summed E-state index contributed by atoms with van der Waals surface area (Å²) in [5.41, 5.74) is 0.0657. The molecule has 180 valence electrons. The van der Waals surface area contributed by atoms with Crippen LogP contribution < -0.4 is 5.32 Å². The fraction of sp³-hybridized carbons (Fsp3) is 0.391. The molecule has 34 heavy (non-hydrogen) atoms. The third-order valence-corrected chi connectivity index (χ3v) is 5.94. The van der Waals surface area contributed by atoms with Crippen molar-refractivity contribution in [1.29, 1.82) is 0 Å². The maximum Gasteiger partial charge on any atom is 0.416 e. The smallest absolute Gasteiger partial charge is 0.306 e. The highest BCUT2D eigenvalue weighted by Gasteiger charge is 2.35. The minimum atomic E-state index is -4.56. The van der Waals surface area contributed by atoms with Crippen LogP contribution in [0.3, 0.4) is 0 Å². The van der Waals surface area contributed by atoms with Crippen LogP contribution in [0, 0.1) is 10.1 Å². The SMILES string of the molecule is CCCN(C)CCc1nnc2n1-c1ccc(C(F)(F)F)cc1C(c1ccccc1[N+](=O)[O-])NC2. The van der Waals surface area contributed by atoms with Gasteiger partial charge in [0.1, 0.15) is 5.82 Å². The third kappa shape index (κ3) is 4.66. The summed E-state index contributed by atoms with van der Waals surface area (Å²) in [6.45, 7) is 3.89. The number of hydrogen-bond donors (Lipinski definition) is 1. The molecule has 1 aliphatic rings. The summed E-state index contributed by atoms with van der Waals surface area (Å²) in [5.74, 6) is 1.17. The topological polar surface area (TPSA) is 89.1 Å². The molecule has 0 aliphatic carbocycles. The van der Waals surface area contributed by atoms with Crippen molar-refractivity contribution in [1.82, 2.24) is 25.0 Å². The Bertz CT molecular complexity index is 1190. The predicted molar refractivity (Wildman–Crippen MR) is 120 cm³/mol. The lowest BCUT2D eigenvalue weighted by molar-refractivity contribution is -0.385. The zero-order valence-electron chi connectivity index (χ0n) is 18.8. The number of fused-ring (bicyclic) bond motifs is 3. The van der Waals surface area contributed by atoms with Crippen LogP contribution in [0.5, 0.6) is 0 Å². The Balaban J connectivity index is 1.86. The Labute approximate surface area is 194 Å². The quantitative estimate of drug-likeness (QED) is 0.406. The van der Waals surface area contributed by atoms with E-state index in [1.165, 1.54) is 18.2 Å². The molecule has 0 radical (unpaired) electrons. The van der Waals surface area contributed by atoms with Crippen molar-refractivity contribution in [2.75, 3.05) is 20.1 Å². The second-order valence-corrected chi connectivity index (χ2v) is 8.32. The molecule has 1 N–H and O–H groups in total. The number of benzene rings is 2. The van der Waals surface area contributed by atoms with E-state index in [4.69, 9.17) is 0 Å². The molecule has 1 unspecified atom stereocenters. The molecule has 0 saturated heterocycles. The van der Waals surface area contributed by atoms with E-state index in [0.29, 0.717) is 30.3 Å². The largest absolute Gasteiger partial charge is 0.416 e. The highest BCUT2D eigenvalue weighted by Crippen LogP contribution is 2.39. The van der Waals surface area contributed by atoms with Crippen LogP contribution in [0.15, 0.2) is 42.5 Å². The number of likely N-dealkylation sites (N-methyl/N-ethyl adjacent to an activating group) is 1. The predicted octanol–water partition coefficient (Wildman–Crippen LogP) is 4.27. The average molecular weight is 474 g/mol. The third-order valence-electron chi connectivity index (χ3n) is 5.94. The van der Waals surface area contributed by atoms with Crippen molar-refractivity contribution >= 4 is 5.69 Å². The van der Waals surface area contributed by atoms with Crippen LogP contribution in [-0.2, 0) is 19.1 Å². The van der Waals surface area contributed by atoms with Crippen LogP contribution >= 0.6 is 0 Å². The molecule has 1 atom stereocenters. The van der Waals surface area contributed by atoms with Gasteiger partial charge in [-0.15, -0.1) is 10.2 Å². The van der Waals surface area contributed by atoms with E-state index in [-0.39, 0.29) is 23.4 Å². The molecule has 4 rings (SSSR count). The molecule has 2 heterocycles. The van der Waals surface area contributed by atoms with Crippen molar-refractivity contribution in [2.24, 2.45) is 0 Å². The van der Waals surface area contributed by atoms with Crippen molar-refractivity contribution < 1.29 is 18.1 Å². The fourth-order valence-electron chi connectivity index (χ4n) is 4.34. The number of hydrogen-bond acceptors (Lipinski definition) is 6. The maximum atomic E-state index is 13.6. The van der Waals surface area contributed by atoms with E-state index in [9.17, 15) is 23.3 Å². The Kier molecular flexibility index (Phi) is 6.67. The van der Waals surface area contributed by atoms with Crippen LogP contribution in [0.4, 0.5) is 18.9 Å². The highest BCUT2D eigenvalue weighted by molar-refractivity contribution is 5.55. The number of nitro benzene ring substituents is 1. The number of nitrogens with one attached hydrogen (secondary N) is 1. The highest BCUT2D eigenvalue weighted by atomic mass is 19.4. The van der Waals surface area contributed by atoms with Gasteiger partial charge in [0, 0.05) is 19.0 Å². The van der Waals surface area contributed by atoms with E-state index in [1.54, 1.807) is 16.7 Å². The first-order valence-corrected chi connectivity index (χ1v) is 11.0. The first kappa shape index (κ1) is 23.8. The summed E-state index contributed by atoms with van der Waals surface area (Å²) in [4.78, 5) is 13.3. The van der Waals surface area contributed by atoms with Gasteiger partial charge < -0.3 is 4.90 Å². The number of rotatable bonds is 7. The molecule has 0 bridgehead atoms. The first-order valence-electron chi connectivity index (χ1n) is 11.0. The standard InChI is InChI=1S/C23H25F3N6O2/c1-3-11-30(2)12-10-20-28-29-21-14-27-22(16-6-4-5-7-19(16)32(33)34)17-13-15(23(24,25)26)8-9-18(17)31(20)21/h4-9,13,22,27H,3,10-12,14H2,1-2H3. The van der Waals surface area contributed by atoms with Gasteiger partial charge >= 0.3 is 6.18 Å². The summed E-state index contributed by atoms with van der Waals surface area (Å²) in [6.07, 6.45) is -3.00. The van der Waals surface area contributed by atoms with Crippen LogP contribution in [0.25, 0.3) is 5.69 Å². The summed E-state index contributed by atoms with van der Waals surface area (Å²) < 4.78 is 42.7. The average Bonchev–Trinajstić information content (AvgIpc) is 3.12. The molecule has 1 aromatic heterocycles. The number of nitro groups is 1. The van der Waals surface area contributed by atoms with Crippen LogP contribution in [0.1, 0.15) is 47.7 Å². The van der Waals surface area contributed by atoms with Gasteiger partial charge in [0.05, 0.1) is 34.3 Å². The van der Waals surface area contributed by atoms with Crippen LogP contribution in [0.2, 0.25) is 0 Å². The fourth-order valence-corrected chi connectivity index (χ4v) is 4.34. The molecular weight excluding hydrogens is 449 g/mol. The summed E-state index contributed by atoms with van der Waals surface area (Å²) in [7, 11) is 2.00. The van der Waals surface area contributed by atoms with E-state index < -0.39 is 22.7 Å². The summed E-state index contributed by atoms with van der Waals surface area (Å²) in [5, 5.41) is 23.4. The molecule has 0 fully saturated rings. The molecule has 11 heteroatoms. The van der Waals surface area contributed by atoms with Gasteiger partial charge in [0.2, 0.25) is 0 Å². The zero-order valence-corrected chi connectivity index (χ0v) is 18.8. The molecule has 0 amide bonds. The van der Waals surface area contributed by atoms with Gasteiger partial charge in [0.25, 0.3) is 5.69 Å². The number of nitrogens with zero attached hydrogens (tertiary/aromatic N) is 5. The van der Waals surface area contributed by atoms with Crippen LogP contribution in [-0.4, -0.2) is 44.7 Å². The summed E-state index contributed by atoms with van der Waals surface area (Å²) >= 11 is 0. The number of halogens is 3. The first-order chi connectivity index (χ1) is 16.2. The van der Waals surface area contributed by atoms with Gasteiger partial charge in [-0.25, -0.2) is 0 Å².